The molecule has 1 aliphatic rings. The Hall–Kier alpha value is -1.60. The van der Waals surface area contributed by atoms with Crippen LogP contribution in [0.3, 0.4) is 0 Å². The van der Waals surface area contributed by atoms with Crippen molar-refractivity contribution in [3.8, 4) is 11.1 Å². The zero-order chi connectivity index (χ0) is 10.3. The summed E-state index contributed by atoms with van der Waals surface area (Å²) in [5.41, 5.74) is 5.48. The summed E-state index contributed by atoms with van der Waals surface area (Å²) >= 11 is 0. The van der Waals surface area contributed by atoms with E-state index in [-0.39, 0.29) is 0 Å². The Morgan fingerprint density at radius 1 is 0.800 bits per heavy atom. The molecule has 0 heterocycles. The monoisotopic (exact) mass is 195 g/mol. The summed E-state index contributed by atoms with van der Waals surface area (Å²) in [6.07, 6.45) is 0. The van der Waals surface area contributed by atoms with Crippen LogP contribution in [-0.4, -0.2) is 0 Å². The molecule has 1 nitrogen and oxygen atoms in total. The van der Waals surface area contributed by atoms with Gasteiger partial charge in [0.15, 0.2) is 0 Å². The molecule has 2 aromatic carbocycles. The third-order valence-corrected chi connectivity index (χ3v) is 3.12. The van der Waals surface area contributed by atoms with E-state index in [9.17, 15) is 0 Å². The minimum Gasteiger partial charge on any atom is -0.469 e. The molecule has 0 spiro atoms. The Morgan fingerprint density at radius 3 is 1.73 bits per heavy atom. The van der Waals surface area contributed by atoms with Crippen LogP contribution in [0.1, 0.15) is 17.2 Å². The van der Waals surface area contributed by atoms with E-state index in [1.54, 1.807) is 0 Å². The van der Waals surface area contributed by atoms with Crippen molar-refractivity contribution in [1.82, 2.24) is 0 Å². The standard InChI is InChI=1S/C14H13N/c1-15-14-12-8-4-2-6-10(12)11-7-3-5-9-13(11)14/h2-9,14H,1,15H2. The molecule has 0 aliphatic heterocycles. The molecule has 15 heavy (non-hydrogen) atoms. The fourth-order valence-electron chi connectivity index (χ4n) is 2.45. The average molecular weight is 195 g/mol. The Kier molecular flexibility index (Phi) is 1.86. The third kappa shape index (κ3) is 1.13. The summed E-state index contributed by atoms with van der Waals surface area (Å²) in [6.45, 7) is 0. The molecule has 2 N–H and O–H groups in total. The van der Waals surface area contributed by atoms with Crippen LogP contribution >= 0.6 is 0 Å². The van der Waals surface area contributed by atoms with Gasteiger partial charge in [-0.05, 0) is 11.1 Å². The maximum atomic E-state index is 3.94. The Balaban J connectivity index is 2.31. The smallest absolute Gasteiger partial charge is 0.115 e. The van der Waals surface area contributed by atoms with Crippen molar-refractivity contribution >= 4 is 0 Å². The van der Waals surface area contributed by atoms with Crippen molar-refractivity contribution in [1.29, 1.82) is 0 Å². The van der Waals surface area contributed by atoms with Gasteiger partial charge in [-0.25, -0.2) is 0 Å². The average Bonchev–Trinajstić information content (AvgIpc) is 2.63. The van der Waals surface area contributed by atoms with Crippen LogP contribution in [0.15, 0.2) is 48.5 Å². The number of hydrogen-bond acceptors (Lipinski definition) is 0. The lowest BCUT2D eigenvalue weighted by atomic mass is 10.1. The number of benzene rings is 2. The maximum Gasteiger partial charge on any atom is 0.115 e. The van der Waals surface area contributed by atoms with Gasteiger partial charge in [0.25, 0.3) is 0 Å². The van der Waals surface area contributed by atoms with Crippen LogP contribution in [0.25, 0.3) is 11.1 Å². The Bertz CT molecular complexity index is 457. The van der Waals surface area contributed by atoms with E-state index in [4.69, 9.17) is 0 Å². The fourth-order valence-corrected chi connectivity index (χ4v) is 2.45. The molecule has 0 amide bonds. The second kappa shape index (κ2) is 3.21. The normalized spacial score (nSPS) is 13.7. The van der Waals surface area contributed by atoms with Gasteiger partial charge < -0.3 is 5.32 Å². The predicted octanol–water partition coefficient (Wildman–Crippen LogP) is 2.11. The largest absolute Gasteiger partial charge is 0.469 e. The molecule has 0 aromatic heterocycles. The molecular weight excluding hydrogens is 182 g/mol. The summed E-state index contributed by atoms with van der Waals surface area (Å²) in [6, 6.07) is 17.5. The quantitative estimate of drug-likeness (QED) is 0.671. The van der Waals surface area contributed by atoms with Crippen molar-refractivity contribution < 1.29 is 5.32 Å². The zero-order valence-electron chi connectivity index (χ0n) is 8.48. The zero-order valence-corrected chi connectivity index (χ0v) is 8.48. The first kappa shape index (κ1) is 8.69. The number of nitrogens with two attached hydrogens (primary N) is 1. The van der Waals surface area contributed by atoms with Gasteiger partial charge in [-0.2, -0.15) is 7.05 Å². The first-order chi connectivity index (χ1) is 7.42. The first-order valence-corrected chi connectivity index (χ1v) is 5.22. The molecule has 1 aliphatic carbocycles. The van der Waals surface area contributed by atoms with Crippen molar-refractivity contribution in [2.75, 3.05) is 0 Å². The van der Waals surface area contributed by atoms with Crippen molar-refractivity contribution in [2.45, 2.75) is 6.04 Å². The van der Waals surface area contributed by atoms with Crippen LogP contribution in [-0.2, 0) is 0 Å². The molecule has 0 radical (unpaired) electrons. The second-order valence-electron chi connectivity index (χ2n) is 3.89. The number of rotatable bonds is 1. The van der Waals surface area contributed by atoms with Gasteiger partial charge in [-0.1, -0.05) is 48.5 Å². The predicted molar refractivity (Wildman–Crippen MR) is 61.0 cm³/mol. The molecule has 1 heteroatoms. The first-order valence-electron chi connectivity index (χ1n) is 5.22. The summed E-state index contributed by atoms with van der Waals surface area (Å²) in [4.78, 5) is 0. The number of fused-ring (bicyclic) bond motifs is 3. The van der Waals surface area contributed by atoms with Crippen LogP contribution in [0.4, 0.5) is 0 Å². The van der Waals surface area contributed by atoms with E-state index in [0.29, 0.717) is 6.04 Å². The second-order valence-corrected chi connectivity index (χ2v) is 3.89. The highest BCUT2D eigenvalue weighted by molar-refractivity contribution is 5.77. The summed E-state index contributed by atoms with van der Waals surface area (Å²) in [5, 5.41) is 2.03. The van der Waals surface area contributed by atoms with E-state index in [0.717, 1.165) is 0 Å². The third-order valence-electron chi connectivity index (χ3n) is 3.12. The molecular formula is C14H13N. The van der Waals surface area contributed by atoms with Gasteiger partial charge in [0.2, 0.25) is 0 Å². The molecule has 2 aromatic rings. The van der Waals surface area contributed by atoms with Crippen LogP contribution in [0.2, 0.25) is 0 Å². The van der Waals surface area contributed by atoms with Crippen LogP contribution in [0, 0.1) is 7.05 Å². The van der Waals surface area contributed by atoms with Gasteiger partial charge in [0.05, 0.1) is 0 Å². The van der Waals surface area contributed by atoms with Crippen LogP contribution in [0.5, 0.6) is 0 Å². The number of quaternary nitrogens is 1. The minimum atomic E-state index is 0.373. The summed E-state index contributed by atoms with van der Waals surface area (Å²) < 4.78 is 0. The summed E-state index contributed by atoms with van der Waals surface area (Å²) in [7, 11) is 3.94. The Labute approximate surface area is 89.8 Å². The Morgan fingerprint density at radius 2 is 1.27 bits per heavy atom. The lowest BCUT2D eigenvalue weighted by Gasteiger charge is -2.12. The SMILES string of the molecule is [CH2-][NH2+]C1c2ccccc2-c2ccccc21. The highest BCUT2D eigenvalue weighted by atomic mass is 14.9. The lowest BCUT2D eigenvalue weighted by Crippen LogP contribution is -2.78. The highest BCUT2D eigenvalue weighted by Crippen LogP contribution is 2.40. The van der Waals surface area contributed by atoms with E-state index >= 15 is 0 Å². The topological polar surface area (TPSA) is 16.6 Å². The van der Waals surface area contributed by atoms with E-state index in [2.05, 4.69) is 55.6 Å². The molecule has 0 saturated carbocycles. The van der Waals surface area contributed by atoms with Gasteiger partial charge in [-0.15, -0.1) is 0 Å². The molecule has 0 bridgehead atoms. The molecule has 0 saturated heterocycles. The summed E-state index contributed by atoms with van der Waals surface area (Å²) in [5.74, 6) is 0. The minimum absolute atomic E-state index is 0.373. The van der Waals surface area contributed by atoms with E-state index in [1.807, 2.05) is 5.32 Å². The molecule has 0 fully saturated rings. The number of hydrogen-bond donors (Lipinski definition) is 1. The molecule has 74 valence electrons. The molecule has 0 unspecified atom stereocenters. The van der Waals surface area contributed by atoms with Gasteiger partial charge >= 0.3 is 0 Å². The van der Waals surface area contributed by atoms with Gasteiger partial charge in [0, 0.05) is 11.1 Å². The van der Waals surface area contributed by atoms with Crippen molar-refractivity contribution in [3.05, 3.63) is 66.7 Å². The van der Waals surface area contributed by atoms with E-state index < -0.39 is 0 Å². The van der Waals surface area contributed by atoms with Crippen LogP contribution < -0.4 is 5.32 Å². The van der Waals surface area contributed by atoms with Crippen molar-refractivity contribution in [2.24, 2.45) is 0 Å². The highest BCUT2D eigenvalue weighted by Gasteiger charge is 2.27. The van der Waals surface area contributed by atoms with Gasteiger partial charge in [-0.3, -0.25) is 0 Å². The van der Waals surface area contributed by atoms with Gasteiger partial charge in [0.1, 0.15) is 6.04 Å². The lowest BCUT2D eigenvalue weighted by molar-refractivity contribution is -0.629. The maximum absolute atomic E-state index is 3.94. The van der Waals surface area contributed by atoms with E-state index in [1.165, 1.54) is 22.3 Å². The fraction of sp³-hybridized carbons (Fsp3) is 0.0714. The molecule has 3 rings (SSSR count). The van der Waals surface area contributed by atoms with Crippen molar-refractivity contribution in [3.63, 3.8) is 0 Å². The molecule has 0 atom stereocenters.